The third-order valence-corrected chi connectivity index (χ3v) is 5.73. The maximum Gasteiger partial charge on any atom is 0.276 e. The standard InChI is InChI=1S/C23H35N5O2/c1-4-5-6-7-12-27(14-13-26-15-17-30-18-16-26)23(29)22-20(3)28(25-24-22)21-10-8-19(2)9-11-21/h8-11H,4-7,12-18H2,1-3H3. The molecule has 0 radical (unpaired) electrons. The van der Waals surface area contributed by atoms with Crippen LogP contribution in [0.3, 0.4) is 0 Å². The van der Waals surface area contributed by atoms with Gasteiger partial charge in [-0.15, -0.1) is 5.10 Å². The number of carbonyl (C=O) groups excluding carboxylic acids is 1. The van der Waals surface area contributed by atoms with Gasteiger partial charge in [0.05, 0.1) is 24.6 Å². The molecule has 1 aromatic heterocycles. The molecule has 0 atom stereocenters. The fourth-order valence-corrected chi connectivity index (χ4v) is 3.74. The summed E-state index contributed by atoms with van der Waals surface area (Å²) in [4.78, 5) is 17.7. The molecule has 0 N–H and O–H groups in total. The summed E-state index contributed by atoms with van der Waals surface area (Å²) in [6, 6.07) is 8.10. The Kier molecular flexibility index (Phi) is 8.39. The number of benzene rings is 1. The topological polar surface area (TPSA) is 63.5 Å². The second kappa shape index (κ2) is 11.2. The molecule has 0 unspecified atom stereocenters. The van der Waals surface area contributed by atoms with Crippen LogP contribution in [0.4, 0.5) is 0 Å². The Labute approximate surface area is 180 Å². The average molecular weight is 414 g/mol. The molecule has 0 bridgehead atoms. The van der Waals surface area contributed by atoms with Crippen molar-refractivity contribution in [2.45, 2.75) is 46.5 Å². The normalized spacial score (nSPS) is 14.8. The Morgan fingerprint density at radius 2 is 1.80 bits per heavy atom. The summed E-state index contributed by atoms with van der Waals surface area (Å²) in [5, 5.41) is 8.53. The number of carbonyl (C=O) groups is 1. The van der Waals surface area contributed by atoms with E-state index in [2.05, 4.69) is 29.1 Å². The number of nitrogens with zero attached hydrogens (tertiary/aromatic N) is 5. The Hall–Kier alpha value is -2.25. The van der Waals surface area contributed by atoms with Gasteiger partial charge in [0.15, 0.2) is 5.69 Å². The Morgan fingerprint density at radius 3 is 2.50 bits per heavy atom. The van der Waals surface area contributed by atoms with Gasteiger partial charge in [-0.3, -0.25) is 9.69 Å². The molecule has 7 nitrogen and oxygen atoms in total. The van der Waals surface area contributed by atoms with Gasteiger partial charge >= 0.3 is 0 Å². The third-order valence-electron chi connectivity index (χ3n) is 5.73. The highest BCUT2D eigenvalue weighted by molar-refractivity contribution is 5.93. The van der Waals surface area contributed by atoms with E-state index < -0.39 is 0 Å². The van der Waals surface area contributed by atoms with Gasteiger partial charge in [-0.2, -0.15) is 0 Å². The molecule has 1 aliphatic heterocycles. The Morgan fingerprint density at radius 1 is 1.07 bits per heavy atom. The number of unbranched alkanes of at least 4 members (excludes halogenated alkanes) is 3. The largest absolute Gasteiger partial charge is 0.379 e. The zero-order valence-corrected chi connectivity index (χ0v) is 18.6. The molecule has 1 amide bonds. The van der Waals surface area contributed by atoms with Crippen molar-refractivity contribution >= 4 is 5.91 Å². The van der Waals surface area contributed by atoms with Crippen LogP contribution in [0.2, 0.25) is 0 Å². The molecule has 1 aliphatic rings. The number of amides is 1. The second-order valence-corrected chi connectivity index (χ2v) is 8.08. The smallest absolute Gasteiger partial charge is 0.276 e. The minimum Gasteiger partial charge on any atom is -0.379 e. The highest BCUT2D eigenvalue weighted by atomic mass is 16.5. The third kappa shape index (κ3) is 5.89. The van der Waals surface area contributed by atoms with Crippen molar-refractivity contribution in [3.05, 3.63) is 41.2 Å². The summed E-state index contributed by atoms with van der Waals surface area (Å²) in [6.45, 7) is 11.9. The fraction of sp³-hybridized carbons (Fsp3) is 0.609. The number of ether oxygens (including phenoxy) is 1. The van der Waals surface area contributed by atoms with Crippen molar-refractivity contribution < 1.29 is 9.53 Å². The van der Waals surface area contributed by atoms with Crippen molar-refractivity contribution in [3.8, 4) is 5.69 Å². The van der Waals surface area contributed by atoms with Crippen molar-refractivity contribution in [2.24, 2.45) is 0 Å². The van der Waals surface area contributed by atoms with Crippen LogP contribution in [0.5, 0.6) is 0 Å². The van der Waals surface area contributed by atoms with Crippen LogP contribution in [0.25, 0.3) is 5.69 Å². The molecule has 1 aromatic carbocycles. The van der Waals surface area contributed by atoms with Crippen LogP contribution >= 0.6 is 0 Å². The van der Waals surface area contributed by atoms with Crippen molar-refractivity contribution in [3.63, 3.8) is 0 Å². The van der Waals surface area contributed by atoms with Gasteiger partial charge in [0, 0.05) is 32.7 Å². The van der Waals surface area contributed by atoms with E-state index in [0.717, 1.165) is 63.6 Å². The summed E-state index contributed by atoms with van der Waals surface area (Å²) in [7, 11) is 0. The van der Waals surface area contributed by atoms with Gasteiger partial charge in [-0.1, -0.05) is 49.1 Å². The molecule has 0 saturated carbocycles. The van der Waals surface area contributed by atoms with Crippen molar-refractivity contribution in [1.82, 2.24) is 24.8 Å². The number of rotatable bonds is 10. The van der Waals surface area contributed by atoms with Crippen LogP contribution in [-0.2, 0) is 4.74 Å². The predicted octanol–water partition coefficient (Wildman–Crippen LogP) is 3.24. The minimum absolute atomic E-state index is 0.0179. The monoisotopic (exact) mass is 413 g/mol. The summed E-state index contributed by atoms with van der Waals surface area (Å²) in [6.07, 6.45) is 4.56. The van der Waals surface area contributed by atoms with E-state index in [1.807, 2.05) is 36.1 Å². The molecule has 0 spiro atoms. The molecule has 2 aromatic rings. The molecule has 164 valence electrons. The number of hydrogen-bond acceptors (Lipinski definition) is 5. The van der Waals surface area contributed by atoms with E-state index >= 15 is 0 Å². The van der Waals surface area contributed by atoms with E-state index in [1.165, 1.54) is 18.4 Å². The number of aromatic nitrogens is 3. The summed E-state index contributed by atoms with van der Waals surface area (Å²) >= 11 is 0. The van der Waals surface area contributed by atoms with Gasteiger partial charge in [0.1, 0.15) is 0 Å². The van der Waals surface area contributed by atoms with Crippen molar-refractivity contribution in [2.75, 3.05) is 45.9 Å². The van der Waals surface area contributed by atoms with Crippen LogP contribution < -0.4 is 0 Å². The first-order valence-corrected chi connectivity index (χ1v) is 11.2. The summed E-state index contributed by atoms with van der Waals surface area (Å²) in [5.41, 5.74) is 3.35. The van der Waals surface area contributed by atoms with Crippen LogP contribution in [0.15, 0.2) is 24.3 Å². The van der Waals surface area contributed by atoms with Gasteiger partial charge < -0.3 is 9.64 Å². The zero-order valence-electron chi connectivity index (χ0n) is 18.6. The predicted molar refractivity (Wildman–Crippen MR) is 118 cm³/mol. The molecule has 30 heavy (non-hydrogen) atoms. The lowest BCUT2D eigenvalue weighted by atomic mass is 10.2. The fourth-order valence-electron chi connectivity index (χ4n) is 3.74. The molecular formula is C23H35N5O2. The van der Waals surface area contributed by atoms with E-state index in [1.54, 1.807) is 4.68 Å². The first-order valence-electron chi connectivity index (χ1n) is 11.2. The molecule has 1 saturated heterocycles. The van der Waals surface area contributed by atoms with Crippen LogP contribution in [0.1, 0.15) is 54.4 Å². The molecular weight excluding hydrogens is 378 g/mol. The molecule has 2 heterocycles. The Balaban J connectivity index is 1.71. The lowest BCUT2D eigenvalue weighted by molar-refractivity contribution is 0.0323. The lowest BCUT2D eigenvalue weighted by Crippen LogP contribution is -2.43. The van der Waals surface area contributed by atoms with Gasteiger partial charge in [0.2, 0.25) is 0 Å². The minimum atomic E-state index is -0.0179. The molecule has 7 heteroatoms. The quantitative estimate of drug-likeness (QED) is 0.560. The molecule has 3 rings (SSSR count). The first-order chi connectivity index (χ1) is 14.6. The number of hydrogen-bond donors (Lipinski definition) is 0. The van der Waals surface area contributed by atoms with E-state index in [0.29, 0.717) is 12.2 Å². The summed E-state index contributed by atoms with van der Waals surface area (Å²) < 4.78 is 7.19. The van der Waals surface area contributed by atoms with E-state index in [9.17, 15) is 4.79 Å². The number of aryl methyl sites for hydroxylation is 1. The SMILES string of the molecule is CCCCCCN(CCN1CCOCC1)C(=O)c1nnn(-c2ccc(C)cc2)c1C. The molecule has 0 aliphatic carbocycles. The lowest BCUT2D eigenvalue weighted by Gasteiger charge is -2.30. The maximum atomic E-state index is 13.4. The summed E-state index contributed by atoms with van der Waals surface area (Å²) in [5.74, 6) is -0.0179. The second-order valence-electron chi connectivity index (χ2n) is 8.08. The zero-order chi connectivity index (χ0) is 21.3. The average Bonchev–Trinajstić information content (AvgIpc) is 3.15. The number of morpholine rings is 1. The van der Waals surface area contributed by atoms with Gasteiger partial charge in [0.25, 0.3) is 5.91 Å². The maximum absolute atomic E-state index is 13.4. The first kappa shape index (κ1) is 22.4. The van der Waals surface area contributed by atoms with Gasteiger partial charge in [-0.05, 0) is 32.4 Å². The highest BCUT2D eigenvalue weighted by Gasteiger charge is 2.23. The van der Waals surface area contributed by atoms with Crippen molar-refractivity contribution in [1.29, 1.82) is 0 Å². The van der Waals surface area contributed by atoms with Crippen LogP contribution in [0, 0.1) is 13.8 Å². The van der Waals surface area contributed by atoms with E-state index in [4.69, 9.17) is 4.74 Å². The highest BCUT2D eigenvalue weighted by Crippen LogP contribution is 2.15. The molecule has 1 fully saturated rings. The van der Waals surface area contributed by atoms with Crippen LogP contribution in [-0.4, -0.2) is 76.6 Å². The van der Waals surface area contributed by atoms with Gasteiger partial charge in [-0.25, -0.2) is 4.68 Å². The van der Waals surface area contributed by atoms with E-state index in [-0.39, 0.29) is 5.91 Å². The Bertz CT molecular complexity index is 796.